The minimum atomic E-state index is -1.02. The van der Waals surface area contributed by atoms with Gasteiger partial charge in [-0.1, -0.05) is 52.8 Å². The number of hydrogen-bond acceptors (Lipinski definition) is 8. The summed E-state index contributed by atoms with van der Waals surface area (Å²) in [6, 6.07) is 0. The van der Waals surface area contributed by atoms with Gasteiger partial charge in [0.1, 0.15) is 0 Å². The van der Waals surface area contributed by atoms with Crippen LogP contribution >= 0.6 is 0 Å². The Balaban J connectivity index is 1.38. The van der Waals surface area contributed by atoms with Crippen LogP contribution in [0, 0.1) is 29.6 Å². The van der Waals surface area contributed by atoms with Crippen LogP contribution in [0.1, 0.15) is 132 Å². The number of carbonyl (C=O) groups is 2. The molecule has 0 bridgehead atoms. The van der Waals surface area contributed by atoms with Crippen LogP contribution in [-0.4, -0.2) is 88.7 Å². The highest BCUT2D eigenvalue weighted by Gasteiger charge is 2.44. The minimum absolute atomic E-state index is 0.0179. The van der Waals surface area contributed by atoms with Gasteiger partial charge in [-0.2, -0.15) is 0 Å². The third-order valence-corrected chi connectivity index (χ3v) is 11.7. The number of nitrogens with one attached hydrogen (secondary N) is 2. The Morgan fingerprint density at radius 3 is 2.35 bits per heavy atom. The van der Waals surface area contributed by atoms with Crippen LogP contribution in [0.25, 0.3) is 0 Å². The van der Waals surface area contributed by atoms with Crippen LogP contribution in [0.3, 0.4) is 0 Å². The summed E-state index contributed by atoms with van der Waals surface area (Å²) >= 11 is 0. The predicted octanol–water partition coefficient (Wildman–Crippen LogP) is 5.97. The lowest BCUT2D eigenvalue weighted by molar-refractivity contribution is -0.324. The molecular weight excluding hydrogens is 648 g/mol. The van der Waals surface area contributed by atoms with E-state index < -0.39 is 35.9 Å². The zero-order chi connectivity index (χ0) is 37.7. The maximum absolute atomic E-state index is 13.1. The van der Waals surface area contributed by atoms with Gasteiger partial charge in [-0.05, 0) is 102 Å². The first-order valence-electron chi connectivity index (χ1n) is 20.1. The van der Waals surface area contributed by atoms with Crippen LogP contribution in [0.4, 0.5) is 0 Å². The van der Waals surface area contributed by atoms with Gasteiger partial charge in [0.2, 0.25) is 11.8 Å². The molecule has 13 atom stereocenters. The highest BCUT2D eigenvalue weighted by Crippen LogP contribution is 2.43. The van der Waals surface area contributed by atoms with Crippen molar-refractivity contribution >= 4 is 11.8 Å². The molecule has 3 saturated heterocycles. The Bertz CT molecular complexity index is 1130. The maximum atomic E-state index is 13.1. The molecule has 1 spiro atoms. The maximum Gasteiger partial charge on any atom is 0.225 e. The third kappa shape index (κ3) is 13.8. The molecule has 10 nitrogen and oxygen atoms in total. The van der Waals surface area contributed by atoms with Gasteiger partial charge in [-0.15, -0.1) is 0 Å². The number of amides is 2. The summed E-state index contributed by atoms with van der Waals surface area (Å²) < 4.78 is 19.7. The number of carbonyl (C=O) groups excluding carboxylic acids is 2. The lowest BCUT2D eigenvalue weighted by Gasteiger charge is -2.48. The lowest BCUT2D eigenvalue weighted by Crippen LogP contribution is -2.50. The Morgan fingerprint density at radius 1 is 0.902 bits per heavy atom. The number of rotatable bonds is 18. The van der Waals surface area contributed by atoms with E-state index in [1.807, 2.05) is 26.8 Å². The summed E-state index contributed by atoms with van der Waals surface area (Å²) in [4.78, 5) is 26.0. The predicted molar refractivity (Wildman–Crippen MR) is 201 cm³/mol. The van der Waals surface area contributed by atoms with E-state index in [0.717, 1.165) is 76.2 Å². The summed E-state index contributed by atoms with van der Waals surface area (Å²) in [5.41, 5.74) is 1.01. The van der Waals surface area contributed by atoms with Crippen molar-refractivity contribution in [3.05, 3.63) is 23.8 Å². The topological polar surface area (TPSA) is 147 Å². The molecule has 3 rings (SSSR count). The highest BCUT2D eigenvalue weighted by atomic mass is 16.7. The molecule has 3 aliphatic rings. The fourth-order valence-electron chi connectivity index (χ4n) is 7.98. The van der Waals surface area contributed by atoms with Crippen molar-refractivity contribution in [1.82, 2.24) is 10.6 Å². The molecule has 0 aromatic rings. The molecule has 0 saturated carbocycles. The van der Waals surface area contributed by atoms with Gasteiger partial charge in [0.25, 0.3) is 0 Å². The third-order valence-electron chi connectivity index (χ3n) is 11.7. The van der Waals surface area contributed by atoms with Gasteiger partial charge >= 0.3 is 0 Å². The van der Waals surface area contributed by atoms with E-state index in [1.54, 1.807) is 19.9 Å². The van der Waals surface area contributed by atoms with Crippen LogP contribution < -0.4 is 10.6 Å². The van der Waals surface area contributed by atoms with E-state index in [2.05, 4.69) is 37.5 Å². The van der Waals surface area contributed by atoms with E-state index in [4.69, 9.17) is 14.2 Å². The Labute approximate surface area is 308 Å². The molecule has 3 fully saturated rings. The average Bonchev–Trinajstić information content (AvgIpc) is 3.09. The second-order valence-electron chi connectivity index (χ2n) is 16.3. The van der Waals surface area contributed by atoms with Crippen LogP contribution in [0.15, 0.2) is 23.8 Å². The van der Waals surface area contributed by atoms with Gasteiger partial charge in [-0.3, -0.25) is 9.59 Å². The second kappa shape index (κ2) is 21.2. The molecule has 2 amide bonds. The van der Waals surface area contributed by atoms with Crippen LogP contribution in [-0.2, 0) is 23.8 Å². The van der Waals surface area contributed by atoms with Crippen molar-refractivity contribution in [3.8, 4) is 0 Å². The quantitative estimate of drug-likeness (QED) is 0.0861. The summed E-state index contributed by atoms with van der Waals surface area (Å²) in [7, 11) is 0. The van der Waals surface area contributed by atoms with Gasteiger partial charge in [0.05, 0.1) is 54.6 Å². The fourth-order valence-corrected chi connectivity index (χ4v) is 7.98. The monoisotopic (exact) mass is 721 g/mol. The number of aliphatic hydroxyl groups is 3. The first-order chi connectivity index (χ1) is 24.1. The van der Waals surface area contributed by atoms with Crippen LogP contribution in [0.2, 0.25) is 0 Å². The molecule has 0 radical (unpaired) electrons. The second-order valence-corrected chi connectivity index (χ2v) is 16.3. The highest BCUT2D eigenvalue weighted by molar-refractivity contribution is 5.80. The van der Waals surface area contributed by atoms with E-state index in [-0.39, 0.29) is 48.7 Å². The standard InChI is InChI=1S/C41H72N2O8/c1-9-12-33(45)24-35-18-16-28(4)38(49-35)31(7)40(48)43-25-36(46)30(6)39(47)42-22-11-14-37-27(3)19-21-41(51-37)20-10-13-34(50-41)17-15-26(2)23-29(5)32(8)44/h9,12,23,26-28,30-38,44-46H,10-11,13-22,24-25H2,1-8H3,(H,42,47)(H,43,48). The van der Waals surface area contributed by atoms with E-state index in [9.17, 15) is 24.9 Å². The van der Waals surface area contributed by atoms with Gasteiger partial charge in [-0.25, -0.2) is 0 Å². The Morgan fingerprint density at radius 2 is 1.65 bits per heavy atom. The first-order valence-corrected chi connectivity index (χ1v) is 20.1. The molecule has 0 aliphatic carbocycles. The number of aliphatic hydroxyl groups excluding tert-OH is 3. The summed E-state index contributed by atoms with van der Waals surface area (Å²) in [5, 5.41) is 36.6. The smallest absolute Gasteiger partial charge is 0.225 e. The van der Waals surface area contributed by atoms with E-state index in [0.29, 0.717) is 24.8 Å². The van der Waals surface area contributed by atoms with Crippen molar-refractivity contribution in [3.63, 3.8) is 0 Å². The van der Waals surface area contributed by atoms with Crippen molar-refractivity contribution in [2.45, 2.75) is 181 Å². The van der Waals surface area contributed by atoms with Crippen molar-refractivity contribution in [1.29, 1.82) is 0 Å². The van der Waals surface area contributed by atoms with Gasteiger partial charge in [0.15, 0.2) is 5.79 Å². The summed E-state index contributed by atoms with van der Waals surface area (Å²) in [5.74, 6) is -1.09. The molecule has 51 heavy (non-hydrogen) atoms. The number of hydrogen-bond donors (Lipinski definition) is 5. The summed E-state index contributed by atoms with van der Waals surface area (Å²) in [6.07, 6.45) is 14.5. The molecular formula is C41H72N2O8. The molecule has 294 valence electrons. The molecule has 10 heteroatoms. The SMILES string of the molecule is CC=CC(O)CC1CCC(C)C(C(C)C(=O)NCC(O)C(C)C(=O)NCCCC2OC3(CCCC(CCC(C)C=C(C)C(C)O)O3)CCC2C)O1. The normalized spacial score (nSPS) is 32.6. The molecule has 5 N–H and O–H groups in total. The number of ether oxygens (including phenoxy) is 3. The average molecular weight is 721 g/mol. The molecule has 3 aliphatic heterocycles. The first kappa shape index (κ1) is 43.6. The van der Waals surface area contributed by atoms with Crippen molar-refractivity contribution in [2.24, 2.45) is 29.6 Å². The van der Waals surface area contributed by atoms with Crippen molar-refractivity contribution < 1.29 is 39.1 Å². The van der Waals surface area contributed by atoms with E-state index in [1.165, 1.54) is 0 Å². The Kier molecular flexibility index (Phi) is 18.1. The molecule has 0 aromatic carbocycles. The Hall–Kier alpha value is -1.82. The molecule has 13 unspecified atom stereocenters. The molecule has 3 heterocycles. The lowest BCUT2D eigenvalue weighted by atomic mass is 9.85. The van der Waals surface area contributed by atoms with E-state index >= 15 is 0 Å². The zero-order valence-corrected chi connectivity index (χ0v) is 32.9. The van der Waals surface area contributed by atoms with Crippen molar-refractivity contribution in [2.75, 3.05) is 13.1 Å². The van der Waals surface area contributed by atoms with Crippen LogP contribution in [0.5, 0.6) is 0 Å². The largest absolute Gasteiger partial charge is 0.390 e. The zero-order valence-electron chi connectivity index (χ0n) is 32.9. The minimum Gasteiger partial charge on any atom is -0.390 e. The van der Waals surface area contributed by atoms with Gasteiger partial charge < -0.3 is 40.2 Å². The molecule has 0 aromatic heterocycles. The van der Waals surface area contributed by atoms with Gasteiger partial charge in [0, 0.05) is 32.4 Å². The fraction of sp³-hybridized carbons (Fsp3) is 0.854. The number of allylic oxidation sites excluding steroid dienone is 2. The summed E-state index contributed by atoms with van der Waals surface area (Å²) in [6.45, 7) is 16.2.